The SMILES string of the molecule is CCCCCC(SCCCC(F)(F)C(F)(F)C(F)(F)C(F)(F)F)C(=O)OC(C)C. The fourth-order valence-electron chi connectivity index (χ4n) is 2.24. The van der Waals surface area contributed by atoms with E-state index in [4.69, 9.17) is 4.74 Å². The van der Waals surface area contributed by atoms with Crippen molar-refractivity contribution in [3.05, 3.63) is 0 Å². The van der Waals surface area contributed by atoms with Crippen LogP contribution in [0.25, 0.3) is 0 Å². The summed E-state index contributed by atoms with van der Waals surface area (Å²) < 4.78 is 120. The second kappa shape index (κ2) is 11.0. The number of alkyl halides is 9. The van der Waals surface area contributed by atoms with Gasteiger partial charge in [0.1, 0.15) is 5.25 Å². The number of carbonyl (C=O) groups excluding carboxylic acids is 1. The van der Waals surface area contributed by atoms with Gasteiger partial charge in [0.2, 0.25) is 0 Å². The molecule has 0 aromatic carbocycles. The molecule has 174 valence electrons. The number of thioether (sulfide) groups is 1. The summed E-state index contributed by atoms with van der Waals surface area (Å²) in [5, 5.41) is -0.769. The van der Waals surface area contributed by atoms with E-state index < -0.39 is 54.1 Å². The predicted molar refractivity (Wildman–Crippen MR) is 91.7 cm³/mol. The summed E-state index contributed by atoms with van der Waals surface area (Å²) in [5.41, 5.74) is 0. The maximum Gasteiger partial charge on any atom is 0.460 e. The first kappa shape index (κ1) is 28.2. The molecule has 0 aliphatic rings. The maximum atomic E-state index is 13.5. The van der Waals surface area contributed by atoms with E-state index in [1.54, 1.807) is 13.8 Å². The minimum Gasteiger partial charge on any atom is -0.462 e. The second-order valence-corrected chi connectivity index (χ2v) is 8.11. The average molecular weight is 464 g/mol. The number of halogens is 9. The van der Waals surface area contributed by atoms with E-state index in [-0.39, 0.29) is 5.75 Å². The third-order valence-corrected chi connectivity index (χ3v) is 5.20. The van der Waals surface area contributed by atoms with Gasteiger partial charge in [-0.3, -0.25) is 4.79 Å². The van der Waals surface area contributed by atoms with Crippen molar-refractivity contribution in [3.8, 4) is 0 Å². The third-order valence-electron chi connectivity index (χ3n) is 3.85. The van der Waals surface area contributed by atoms with Gasteiger partial charge < -0.3 is 4.74 Å². The van der Waals surface area contributed by atoms with Crippen molar-refractivity contribution < 1.29 is 49.0 Å². The molecular formula is C17H25F9O2S. The highest BCUT2D eigenvalue weighted by Crippen LogP contribution is 2.54. The zero-order valence-electron chi connectivity index (χ0n) is 16.2. The molecule has 0 aromatic rings. The summed E-state index contributed by atoms with van der Waals surface area (Å²) in [6, 6.07) is 0. The van der Waals surface area contributed by atoms with Crippen molar-refractivity contribution in [2.45, 2.75) is 94.6 Å². The highest BCUT2D eigenvalue weighted by atomic mass is 32.2. The minimum absolute atomic E-state index is 0.312. The fraction of sp³-hybridized carbons (Fsp3) is 0.941. The normalized spacial score (nSPS) is 14.9. The van der Waals surface area contributed by atoms with Crippen molar-refractivity contribution in [2.75, 3.05) is 5.75 Å². The van der Waals surface area contributed by atoms with Crippen LogP contribution in [0.4, 0.5) is 39.5 Å². The number of unbranched alkanes of at least 4 members (excludes halogenated alkanes) is 2. The van der Waals surface area contributed by atoms with Crippen molar-refractivity contribution in [2.24, 2.45) is 0 Å². The Labute approximate surface area is 167 Å². The molecule has 0 rings (SSSR count). The molecule has 0 saturated heterocycles. The Bertz CT molecular complexity index is 508. The van der Waals surface area contributed by atoms with E-state index in [1.165, 1.54) is 0 Å². The van der Waals surface area contributed by atoms with Gasteiger partial charge in [-0.15, -0.1) is 11.8 Å². The van der Waals surface area contributed by atoms with Crippen molar-refractivity contribution in [1.82, 2.24) is 0 Å². The molecular weight excluding hydrogens is 439 g/mol. The Morgan fingerprint density at radius 2 is 1.45 bits per heavy atom. The summed E-state index contributed by atoms with van der Waals surface area (Å²) in [5.74, 6) is -20.0. The minimum atomic E-state index is -6.87. The Kier molecular flexibility index (Phi) is 10.7. The van der Waals surface area contributed by atoms with Crippen LogP contribution in [0.2, 0.25) is 0 Å². The monoisotopic (exact) mass is 464 g/mol. The van der Waals surface area contributed by atoms with Crippen LogP contribution >= 0.6 is 11.8 Å². The molecule has 0 spiro atoms. The van der Waals surface area contributed by atoms with E-state index in [0.717, 1.165) is 24.6 Å². The third kappa shape index (κ3) is 7.75. The number of ether oxygens (including phenoxy) is 1. The van der Waals surface area contributed by atoms with Gasteiger partial charge in [-0.2, -0.15) is 39.5 Å². The lowest BCUT2D eigenvalue weighted by atomic mass is 10.00. The Morgan fingerprint density at radius 3 is 1.90 bits per heavy atom. The molecule has 0 amide bonds. The predicted octanol–water partition coefficient (Wildman–Crippen LogP) is 6.87. The van der Waals surface area contributed by atoms with Crippen LogP contribution in [0.3, 0.4) is 0 Å². The smallest absolute Gasteiger partial charge is 0.460 e. The van der Waals surface area contributed by atoms with Crippen LogP contribution in [-0.4, -0.2) is 47.0 Å². The van der Waals surface area contributed by atoms with E-state index >= 15 is 0 Å². The number of rotatable bonds is 13. The zero-order chi connectivity index (χ0) is 23.1. The van der Waals surface area contributed by atoms with Gasteiger partial charge in [-0.05, 0) is 32.4 Å². The molecule has 0 heterocycles. The van der Waals surface area contributed by atoms with Crippen LogP contribution in [0.1, 0.15) is 59.3 Å². The average Bonchev–Trinajstić information content (AvgIpc) is 2.54. The van der Waals surface area contributed by atoms with E-state index in [0.29, 0.717) is 12.8 Å². The molecule has 0 radical (unpaired) electrons. The number of hydrogen-bond donors (Lipinski definition) is 0. The highest BCUT2D eigenvalue weighted by molar-refractivity contribution is 8.00. The van der Waals surface area contributed by atoms with Crippen LogP contribution < -0.4 is 0 Å². The number of carbonyl (C=O) groups is 1. The van der Waals surface area contributed by atoms with Gasteiger partial charge in [0.05, 0.1) is 6.10 Å². The van der Waals surface area contributed by atoms with Crippen molar-refractivity contribution in [1.29, 1.82) is 0 Å². The largest absolute Gasteiger partial charge is 0.462 e. The van der Waals surface area contributed by atoms with E-state index in [1.807, 2.05) is 6.92 Å². The maximum absolute atomic E-state index is 13.5. The molecule has 0 fully saturated rings. The zero-order valence-corrected chi connectivity index (χ0v) is 17.0. The topological polar surface area (TPSA) is 26.3 Å². The van der Waals surface area contributed by atoms with Gasteiger partial charge in [-0.1, -0.05) is 26.2 Å². The molecule has 29 heavy (non-hydrogen) atoms. The van der Waals surface area contributed by atoms with Gasteiger partial charge in [0, 0.05) is 6.42 Å². The molecule has 1 unspecified atom stereocenters. The van der Waals surface area contributed by atoms with Crippen molar-refractivity contribution in [3.63, 3.8) is 0 Å². The van der Waals surface area contributed by atoms with Crippen molar-refractivity contribution >= 4 is 17.7 Å². The van der Waals surface area contributed by atoms with E-state index in [9.17, 15) is 44.3 Å². The molecule has 0 bridgehead atoms. The fourth-order valence-corrected chi connectivity index (χ4v) is 3.36. The lowest BCUT2D eigenvalue weighted by Gasteiger charge is -2.33. The molecule has 12 heteroatoms. The van der Waals surface area contributed by atoms with Gasteiger partial charge in [0.15, 0.2) is 0 Å². The molecule has 0 aromatic heterocycles. The lowest BCUT2D eigenvalue weighted by molar-refractivity contribution is -0.396. The molecule has 0 N–H and O–H groups in total. The van der Waals surface area contributed by atoms with E-state index in [2.05, 4.69) is 0 Å². The molecule has 0 saturated carbocycles. The van der Waals surface area contributed by atoms with Crippen LogP contribution in [-0.2, 0) is 9.53 Å². The van der Waals surface area contributed by atoms with Crippen LogP contribution in [0.5, 0.6) is 0 Å². The Hall–Kier alpha value is -0.810. The first-order valence-electron chi connectivity index (χ1n) is 9.03. The lowest BCUT2D eigenvalue weighted by Crippen LogP contribution is -2.60. The first-order valence-corrected chi connectivity index (χ1v) is 10.1. The summed E-state index contributed by atoms with van der Waals surface area (Å²) in [7, 11) is 0. The van der Waals surface area contributed by atoms with Crippen LogP contribution in [0, 0.1) is 0 Å². The first-order chi connectivity index (χ1) is 13.0. The summed E-state index contributed by atoms with van der Waals surface area (Å²) in [6.07, 6.45) is -7.37. The summed E-state index contributed by atoms with van der Waals surface area (Å²) in [6.45, 7) is 5.10. The van der Waals surface area contributed by atoms with Crippen LogP contribution in [0.15, 0.2) is 0 Å². The van der Waals surface area contributed by atoms with Gasteiger partial charge in [-0.25, -0.2) is 0 Å². The number of esters is 1. The molecule has 0 aliphatic heterocycles. The highest BCUT2D eigenvalue weighted by Gasteiger charge is 2.81. The summed E-state index contributed by atoms with van der Waals surface area (Å²) in [4.78, 5) is 12.0. The Balaban J connectivity index is 4.92. The quantitative estimate of drug-likeness (QED) is 0.169. The molecule has 1 atom stereocenters. The number of hydrogen-bond acceptors (Lipinski definition) is 3. The molecule has 2 nitrogen and oxygen atoms in total. The molecule has 0 aliphatic carbocycles. The van der Waals surface area contributed by atoms with Gasteiger partial charge in [0.25, 0.3) is 0 Å². The second-order valence-electron chi connectivity index (χ2n) is 6.80. The summed E-state index contributed by atoms with van der Waals surface area (Å²) >= 11 is 0.824. The van der Waals surface area contributed by atoms with Gasteiger partial charge >= 0.3 is 29.9 Å². The standard InChI is InChI=1S/C17H25F9O2S/c1-4-5-6-8-12(13(27)28-11(2)3)29-10-7-9-14(18,19)15(20,21)16(22,23)17(24,25)26/h11-12H,4-10H2,1-3H3. The Morgan fingerprint density at radius 1 is 0.897 bits per heavy atom.